The molecule has 0 saturated heterocycles. The second-order valence-corrected chi connectivity index (χ2v) is 5.84. The van der Waals surface area contributed by atoms with Crippen molar-refractivity contribution < 1.29 is 31.4 Å². The number of aliphatic imine (C=N–C) groups is 1. The number of nitrogens with one attached hydrogen (secondary N) is 2. The molecule has 2 aromatic carbocycles. The van der Waals surface area contributed by atoms with Crippen LogP contribution in [-0.4, -0.2) is 26.7 Å². The molecular formula is C19H20F5N3O2. The van der Waals surface area contributed by atoms with Crippen molar-refractivity contribution in [1.29, 1.82) is 0 Å². The molecule has 0 aliphatic carbocycles. The highest BCUT2D eigenvalue weighted by Crippen LogP contribution is 2.30. The van der Waals surface area contributed by atoms with Crippen LogP contribution in [0.4, 0.5) is 22.0 Å². The molecule has 0 unspecified atom stereocenters. The highest BCUT2D eigenvalue weighted by molar-refractivity contribution is 5.79. The van der Waals surface area contributed by atoms with Crippen LogP contribution in [0.1, 0.15) is 16.7 Å². The lowest BCUT2D eigenvalue weighted by Crippen LogP contribution is -2.36. The quantitative estimate of drug-likeness (QED) is 0.403. The first-order valence-corrected chi connectivity index (χ1v) is 8.45. The van der Waals surface area contributed by atoms with Crippen LogP contribution < -0.4 is 20.1 Å². The van der Waals surface area contributed by atoms with Crippen LogP contribution in [0.2, 0.25) is 0 Å². The highest BCUT2D eigenvalue weighted by Gasteiger charge is 2.29. The van der Waals surface area contributed by atoms with Crippen LogP contribution in [0.25, 0.3) is 0 Å². The van der Waals surface area contributed by atoms with E-state index in [2.05, 4.69) is 20.4 Å². The molecule has 0 aromatic heterocycles. The van der Waals surface area contributed by atoms with Crippen molar-refractivity contribution in [2.75, 3.05) is 14.2 Å². The number of alkyl halides is 5. The summed E-state index contributed by atoms with van der Waals surface area (Å²) in [7, 11) is 2.88. The average molecular weight is 417 g/mol. The Morgan fingerprint density at radius 3 is 2.07 bits per heavy atom. The predicted molar refractivity (Wildman–Crippen MR) is 98.1 cm³/mol. The molecule has 0 spiro atoms. The fraction of sp³-hybridized carbons (Fsp3) is 0.316. The van der Waals surface area contributed by atoms with E-state index in [-0.39, 0.29) is 24.6 Å². The molecule has 0 atom stereocenters. The van der Waals surface area contributed by atoms with Crippen LogP contribution in [-0.2, 0) is 19.3 Å². The minimum atomic E-state index is -4.38. The van der Waals surface area contributed by atoms with Crippen molar-refractivity contribution in [1.82, 2.24) is 10.6 Å². The molecule has 10 heteroatoms. The Bertz CT molecular complexity index is 824. The summed E-state index contributed by atoms with van der Waals surface area (Å²) in [6.45, 7) is -2.48. The molecule has 5 nitrogen and oxygen atoms in total. The minimum absolute atomic E-state index is 0.0884. The van der Waals surface area contributed by atoms with Gasteiger partial charge >= 0.3 is 12.8 Å². The third kappa shape index (κ3) is 6.81. The van der Waals surface area contributed by atoms with Crippen LogP contribution in [0.3, 0.4) is 0 Å². The molecule has 0 fully saturated rings. The van der Waals surface area contributed by atoms with E-state index in [1.807, 2.05) is 0 Å². The summed E-state index contributed by atoms with van der Waals surface area (Å²) in [6, 6.07) is 9.37. The van der Waals surface area contributed by atoms with Crippen LogP contribution in [0.15, 0.2) is 47.5 Å². The van der Waals surface area contributed by atoms with E-state index < -0.39 is 18.4 Å². The third-order valence-electron chi connectivity index (χ3n) is 3.87. The number of guanidine groups is 1. The summed E-state index contributed by atoms with van der Waals surface area (Å²) in [4.78, 5) is 4.02. The Balaban J connectivity index is 1.94. The number of hydrogen-bond acceptors (Lipinski definition) is 3. The molecule has 0 bridgehead atoms. The van der Waals surface area contributed by atoms with Gasteiger partial charge in [0.2, 0.25) is 0 Å². The molecule has 158 valence electrons. The zero-order chi connectivity index (χ0) is 21.4. The fourth-order valence-electron chi connectivity index (χ4n) is 2.42. The summed E-state index contributed by atoms with van der Waals surface area (Å²) in [5, 5.41) is 5.95. The maximum Gasteiger partial charge on any atom is 0.416 e. The Kier molecular flexibility index (Phi) is 7.63. The standard InChI is InChI=1S/C19H20F5N3O2/c1-25-18(26-10-12-3-6-14(7-4-12)19(22,23)24)27-11-13-5-8-15(28-2)16(9-13)29-17(20)21/h3-9,17H,10-11H2,1-2H3,(H2,25,26,27). The van der Waals surface area contributed by atoms with E-state index >= 15 is 0 Å². The number of halogens is 5. The van der Waals surface area contributed by atoms with Gasteiger partial charge in [-0.05, 0) is 35.4 Å². The summed E-state index contributed by atoms with van der Waals surface area (Å²) < 4.78 is 72.2. The number of nitrogens with zero attached hydrogens (tertiary/aromatic N) is 1. The zero-order valence-corrected chi connectivity index (χ0v) is 15.7. The topological polar surface area (TPSA) is 54.9 Å². The fourth-order valence-corrected chi connectivity index (χ4v) is 2.42. The van der Waals surface area contributed by atoms with Gasteiger partial charge in [-0.2, -0.15) is 22.0 Å². The minimum Gasteiger partial charge on any atom is -0.493 e. The van der Waals surface area contributed by atoms with Gasteiger partial charge in [-0.15, -0.1) is 0 Å². The van der Waals surface area contributed by atoms with Gasteiger partial charge in [0.25, 0.3) is 0 Å². The number of methoxy groups -OCH3 is 1. The van der Waals surface area contributed by atoms with Crippen molar-refractivity contribution in [3.8, 4) is 11.5 Å². The molecule has 29 heavy (non-hydrogen) atoms. The summed E-state index contributed by atoms with van der Waals surface area (Å²) in [5.74, 6) is 0.477. The Morgan fingerprint density at radius 2 is 1.55 bits per heavy atom. The Morgan fingerprint density at radius 1 is 0.966 bits per heavy atom. The largest absolute Gasteiger partial charge is 0.493 e. The second-order valence-electron chi connectivity index (χ2n) is 5.84. The third-order valence-corrected chi connectivity index (χ3v) is 3.87. The summed E-state index contributed by atoms with van der Waals surface area (Å²) in [5.41, 5.74) is 0.557. The normalized spacial score (nSPS) is 12.1. The molecule has 0 radical (unpaired) electrons. The number of ether oxygens (including phenoxy) is 2. The molecule has 0 aliphatic rings. The van der Waals surface area contributed by atoms with Crippen molar-refractivity contribution in [2.45, 2.75) is 25.9 Å². The van der Waals surface area contributed by atoms with Gasteiger partial charge < -0.3 is 20.1 Å². The first-order chi connectivity index (χ1) is 13.7. The van der Waals surface area contributed by atoms with E-state index in [9.17, 15) is 22.0 Å². The van der Waals surface area contributed by atoms with Gasteiger partial charge in [0.05, 0.1) is 12.7 Å². The number of rotatable bonds is 7. The molecule has 0 amide bonds. The van der Waals surface area contributed by atoms with E-state index in [0.717, 1.165) is 12.1 Å². The average Bonchev–Trinajstić information content (AvgIpc) is 2.67. The van der Waals surface area contributed by atoms with Gasteiger partial charge in [0.1, 0.15) is 0 Å². The van der Waals surface area contributed by atoms with E-state index in [1.54, 1.807) is 6.07 Å². The van der Waals surface area contributed by atoms with Gasteiger partial charge in [-0.1, -0.05) is 18.2 Å². The zero-order valence-electron chi connectivity index (χ0n) is 15.7. The monoisotopic (exact) mass is 417 g/mol. The van der Waals surface area contributed by atoms with Gasteiger partial charge in [-0.3, -0.25) is 4.99 Å². The van der Waals surface area contributed by atoms with Crippen LogP contribution in [0.5, 0.6) is 11.5 Å². The number of hydrogen-bond donors (Lipinski definition) is 2. The summed E-state index contributed by atoms with van der Waals surface area (Å²) in [6.07, 6.45) is -4.38. The van der Waals surface area contributed by atoms with Crippen molar-refractivity contribution in [2.24, 2.45) is 4.99 Å². The number of benzene rings is 2. The molecule has 2 aromatic rings. The van der Waals surface area contributed by atoms with Crippen LogP contribution >= 0.6 is 0 Å². The lowest BCUT2D eigenvalue weighted by atomic mass is 10.1. The molecule has 0 heterocycles. The first kappa shape index (κ1) is 22.3. The SMILES string of the molecule is CN=C(NCc1ccc(C(F)(F)F)cc1)NCc1ccc(OC)c(OC(F)F)c1. The van der Waals surface area contributed by atoms with E-state index in [1.165, 1.54) is 38.4 Å². The van der Waals surface area contributed by atoms with Gasteiger partial charge in [0, 0.05) is 20.1 Å². The smallest absolute Gasteiger partial charge is 0.416 e. The van der Waals surface area contributed by atoms with Crippen molar-refractivity contribution in [3.63, 3.8) is 0 Å². The Labute approximate surface area is 164 Å². The van der Waals surface area contributed by atoms with E-state index in [0.29, 0.717) is 17.1 Å². The highest BCUT2D eigenvalue weighted by atomic mass is 19.4. The van der Waals surface area contributed by atoms with Gasteiger partial charge in [0.15, 0.2) is 17.5 Å². The van der Waals surface area contributed by atoms with E-state index in [4.69, 9.17) is 4.74 Å². The maximum absolute atomic E-state index is 12.6. The molecule has 0 aliphatic heterocycles. The molecule has 0 saturated carbocycles. The maximum atomic E-state index is 12.6. The van der Waals surface area contributed by atoms with Crippen LogP contribution in [0, 0.1) is 0 Å². The molecule has 2 rings (SSSR count). The molecule has 2 N–H and O–H groups in total. The lowest BCUT2D eigenvalue weighted by molar-refractivity contribution is -0.137. The lowest BCUT2D eigenvalue weighted by Gasteiger charge is -2.14. The second kappa shape index (κ2) is 9.94. The van der Waals surface area contributed by atoms with Gasteiger partial charge in [-0.25, -0.2) is 0 Å². The first-order valence-electron chi connectivity index (χ1n) is 8.45. The Hall–Kier alpha value is -3.04. The molecular weight excluding hydrogens is 397 g/mol. The van der Waals surface area contributed by atoms with Crippen molar-refractivity contribution in [3.05, 3.63) is 59.2 Å². The summed E-state index contributed by atoms with van der Waals surface area (Å²) >= 11 is 0. The predicted octanol–water partition coefficient (Wildman–Crippen LogP) is 4.18. The van der Waals surface area contributed by atoms with Crippen molar-refractivity contribution >= 4 is 5.96 Å².